The predicted octanol–water partition coefficient (Wildman–Crippen LogP) is 4.03. The van der Waals surface area contributed by atoms with E-state index < -0.39 is 0 Å². The molecule has 1 aromatic heterocycles. The van der Waals surface area contributed by atoms with Crippen molar-refractivity contribution in [2.75, 3.05) is 13.8 Å². The molecule has 144 valence electrons. The van der Waals surface area contributed by atoms with Crippen molar-refractivity contribution >= 4 is 11.0 Å². The number of aryl methyl sites for hydroxylation is 1. The maximum atomic E-state index is 12.6. The van der Waals surface area contributed by atoms with Crippen molar-refractivity contribution in [2.45, 2.75) is 38.8 Å². The Morgan fingerprint density at radius 2 is 1.93 bits per heavy atom. The van der Waals surface area contributed by atoms with Gasteiger partial charge in [-0.05, 0) is 61.1 Å². The van der Waals surface area contributed by atoms with E-state index >= 15 is 0 Å². The monoisotopic (exact) mass is 377 g/mol. The first-order chi connectivity index (χ1) is 13.7. The van der Waals surface area contributed by atoms with Gasteiger partial charge in [-0.25, -0.2) is 4.79 Å². The molecule has 0 bridgehead atoms. The van der Waals surface area contributed by atoms with Crippen LogP contribution in [0.2, 0.25) is 0 Å². The van der Waals surface area contributed by atoms with Crippen molar-refractivity contribution in [3.05, 3.63) is 69.1 Å². The van der Waals surface area contributed by atoms with Gasteiger partial charge in [-0.3, -0.25) is 4.90 Å². The number of rotatable bonds is 3. The lowest BCUT2D eigenvalue weighted by Gasteiger charge is -2.30. The maximum Gasteiger partial charge on any atom is 0.339 e. The molecular formula is C23H23NO4. The predicted molar refractivity (Wildman–Crippen MR) is 107 cm³/mol. The zero-order chi connectivity index (χ0) is 19.1. The Kier molecular flexibility index (Phi) is 4.32. The average Bonchev–Trinajstić information content (AvgIpc) is 2.74. The van der Waals surface area contributed by atoms with Gasteiger partial charge in [0.15, 0.2) is 0 Å². The fraction of sp³-hybridized carbons (Fsp3) is 0.348. The first-order valence-electron chi connectivity index (χ1n) is 9.81. The van der Waals surface area contributed by atoms with Gasteiger partial charge in [-0.1, -0.05) is 12.1 Å². The molecule has 5 rings (SSSR count). The van der Waals surface area contributed by atoms with Crippen LogP contribution in [0.15, 0.2) is 45.6 Å². The van der Waals surface area contributed by atoms with E-state index in [1.54, 1.807) is 7.11 Å². The van der Waals surface area contributed by atoms with Gasteiger partial charge in [-0.2, -0.15) is 0 Å². The third kappa shape index (κ3) is 2.96. The molecule has 0 atom stereocenters. The summed E-state index contributed by atoms with van der Waals surface area (Å²) < 4.78 is 17.1. The summed E-state index contributed by atoms with van der Waals surface area (Å²) in [5.41, 5.74) is 4.68. The molecular weight excluding hydrogens is 354 g/mol. The molecule has 0 fully saturated rings. The molecule has 1 aliphatic carbocycles. The molecule has 1 aliphatic heterocycles. The highest BCUT2D eigenvalue weighted by Gasteiger charge is 2.25. The highest BCUT2D eigenvalue weighted by Crippen LogP contribution is 2.36. The molecule has 0 unspecified atom stereocenters. The molecule has 3 aromatic rings. The van der Waals surface area contributed by atoms with Gasteiger partial charge in [0.25, 0.3) is 0 Å². The van der Waals surface area contributed by atoms with Crippen LogP contribution < -0.4 is 15.1 Å². The van der Waals surface area contributed by atoms with Crippen LogP contribution in [0.25, 0.3) is 11.0 Å². The number of benzene rings is 2. The minimum absolute atomic E-state index is 0.180. The number of hydrogen-bond acceptors (Lipinski definition) is 5. The molecule has 0 amide bonds. The second kappa shape index (κ2) is 6.99. The maximum absolute atomic E-state index is 12.6. The second-order valence-corrected chi connectivity index (χ2v) is 7.58. The van der Waals surface area contributed by atoms with Crippen LogP contribution in [-0.2, 0) is 25.9 Å². The van der Waals surface area contributed by atoms with E-state index in [1.165, 1.54) is 5.56 Å². The lowest BCUT2D eigenvalue weighted by Crippen LogP contribution is -2.31. The van der Waals surface area contributed by atoms with Gasteiger partial charge in [0.2, 0.25) is 0 Å². The number of fused-ring (bicyclic) bond motifs is 5. The molecule has 2 aromatic carbocycles. The Hall–Kier alpha value is -2.79. The van der Waals surface area contributed by atoms with Crippen molar-refractivity contribution in [3.63, 3.8) is 0 Å². The van der Waals surface area contributed by atoms with Crippen LogP contribution in [-0.4, -0.2) is 18.7 Å². The first kappa shape index (κ1) is 17.3. The summed E-state index contributed by atoms with van der Waals surface area (Å²) in [6.07, 6.45) is 3.96. The van der Waals surface area contributed by atoms with Crippen LogP contribution in [0.1, 0.15) is 35.1 Å². The highest BCUT2D eigenvalue weighted by molar-refractivity contribution is 5.86. The van der Waals surface area contributed by atoms with Gasteiger partial charge in [0.05, 0.1) is 12.7 Å². The third-order valence-electron chi connectivity index (χ3n) is 5.78. The Bertz CT molecular complexity index is 1100. The fourth-order valence-corrected chi connectivity index (χ4v) is 4.39. The average molecular weight is 377 g/mol. The standard InChI is InChI=1S/C23H23NO4/c1-26-16-6-4-5-15(11-16)12-24-13-20-21(27-14-24)10-9-18-17-7-2-3-8-19(17)23(25)28-22(18)20/h4-6,9-11H,2-3,7-8,12-14H2,1H3. The number of methoxy groups -OCH3 is 1. The van der Waals surface area contributed by atoms with Crippen LogP contribution in [0.3, 0.4) is 0 Å². The van der Waals surface area contributed by atoms with Crippen molar-refractivity contribution in [3.8, 4) is 11.5 Å². The van der Waals surface area contributed by atoms with Crippen molar-refractivity contribution < 1.29 is 13.9 Å². The Morgan fingerprint density at radius 1 is 1.07 bits per heavy atom. The molecule has 2 aliphatic rings. The molecule has 28 heavy (non-hydrogen) atoms. The van der Waals surface area contributed by atoms with Crippen LogP contribution >= 0.6 is 0 Å². The normalized spacial score (nSPS) is 16.3. The van der Waals surface area contributed by atoms with Crippen LogP contribution in [0, 0.1) is 0 Å². The summed E-state index contributed by atoms with van der Waals surface area (Å²) in [6, 6.07) is 12.1. The lowest BCUT2D eigenvalue weighted by atomic mass is 9.90. The van der Waals surface area contributed by atoms with Crippen molar-refractivity contribution in [1.82, 2.24) is 4.90 Å². The molecule has 5 heteroatoms. The van der Waals surface area contributed by atoms with E-state index in [9.17, 15) is 4.79 Å². The van der Waals surface area contributed by atoms with E-state index in [4.69, 9.17) is 13.9 Å². The van der Waals surface area contributed by atoms with Crippen LogP contribution in [0.4, 0.5) is 0 Å². The van der Waals surface area contributed by atoms with Gasteiger partial charge in [0, 0.05) is 24.0 Å². The lowest BCUT2D eigenvalue weighted by molar-refractivity contribution is 0.0889. The molecule has 5 nitrogen and oxygen atoms in total. The SMILES string of the molecule is COc1cccc(CN2COc3ccc4c5c(c(=O)oc4c3C2)CCCC5)c1. The number of ether oxygens (including phenoxy) is 2. The quantitative estimate of drug-likeness (QED) is 0.645. The zero-order valence-electron chi connectivity index (χ0n) is 16.0. The minimum atomic E-state index is -0.180. The number of nitrogens with zero attached hydrogens (tertiary/aromatic N) is 1. The van der Waals surface area contributed by atoms with E-state index in [-0.39, 0.29) is 5.63 Å². The molecule has 0 saturated carbocycles. The largest absolute Gasteiger partial charge is 0.497 e. The molecule has 0 radical (unpaired) electrons. The minimum Gasteiger partial charge on any atom is -0.497 e. The summed E-state index contributed by atoms with van der Waals surface area (Å²) in [5.74, 6) is 1.66. The van der Waals surface area contributed by atoms with Gasteiger partial charge >= 0.3 is 5.63 Å². The molecule has 0 N–H and O–H groups in total. The van der Waals surface area contributed by atoms with Crippen LogP contribution in [0.5, 0.6) is 11.5 Å². The van der Waals surface area contributed by atoms with E-state index in [0.717, 1.165) is 65.8 Å². The summed E-state index contributed by atoms with van der Waals surface area (Å²) in [7, 11) is 1.67. The highest BCUT2D eigenvalue weighted by atomic mass is 16.5. The van der Waals surface area contributed by atoms with Gasteiger partial charge in [-0.15, -0.1) is 0 Å². The zero-order valence-corrected chi connectivity index (χ0v) is 16.0. The topological polar surface area (TPSA) is 51.9 Å². The molecule has 2 heterocycles. The number of hydrogen-bond donors (Lipinski definition) is 0. The molecule has 0 saturated heterocycles. The van der Waals surface area contributed by atoms with E-state index in [2.05, 4.69) is 17.0 Å². The Labute approximate surface area is 163 Å². The summed E-state index contributed by atoms with van der Waals surface area (Å²) in [6.45, 7) is 1.93. The summed E-state index contributed by atoms with van der Waals surface area (Å²) >= 11 is 0. The van der Waals surface area contributed by atoms with Crippen molar-refractivity contribution in [2.24, 2.45) is 0 Å². The van der Waals surface area contributed by atoms with Gasteiger partial charge < -0.3 is 13.9 Å². The Morgan fingerprint density at radius 3 is 2.79 bits per heavy atom. The Balaban J connectivity index is 1.52. The molecule has 0 spiro atoms. The third-order valence-corrected chi connectivity index (χ3v) is 5.78. The summed E-state index contributed by atoms with van der Waals surface area (Å²) in [5, 5.41) is 1.07. The van der Waals surface area contributed by atoms with Crippen molar-refractivity contribution in [1.29, 1.82) is 0 Å². The second-order valence-electron chi connectivity index (χ2n) is 7.58. The smallest absolute Gasteiger partial charge is 0.339 e. The van der Waals surface area contributed by atoms with E-state index in [1.807, 2.05) is 24.3 Å². The summed E-state index contributed by atoms with van der Waals surface area (Å²) in [4.78, 5) is 14.8. The fourth-order valence-electron chi connectivity index (χ4n) is 4.39. The van der Waals surface area contributed by atoms with E-state index in [0.29, 0.717) is 18.9 Å². The van der Waals surface area contributed by atoms with Gasteiger partial charge in [0.1, 0.15) is 23.8 Å². The first-order valence-corrected chi connectivity index (χ1v) is 9.81.